The van der Waals surface area contributed by atoms with Crippen LogP contribution in [0, 0.1) is 17.8 Å². The SMILES string of the molecule is C/C=C1\CN(C)[C@@H]2Cc3c4n(c5ccccc35)[C@]3(C[C@H]4C[C@@H]1[C@@H]2C(=O)OC)c1[nH]c2ccccc2c1CN1CC[C@H]3/C(=C/C)C1. The summed E-state index contributed by atoms with van der Waals surface area (Å²) in [6.07, 6.45) is 8.78. The second-order valence-electron chi connectivity index (χ2n) is 14.4. The molecule has 0 radical (unpaired) electrons. The minimum Gasteiger partial charge on any atom is -0.469 e. The lowest BCUT2D eigenvalue weighted by Crippen LogP contribution is -2.53. The van der Waals surface area contributed by atoms with Crippen molar-refractivity contribution in [3.05, 3.63) is 94.3 Å². The molecule has 2 aromatic heterocycles. The van der Waals surface area contributed by atoms with Gasteiger partial charge in [-0.15, -0.1) is 0 Å². The van der Waals surface area contributed by atoms with Gasteiger partial charge in [-0.1, -0.05) is 59.7 Å². The molecule has 2 saturated heterocycles. The molecular formula is C39H44N4O2. The number of allylic oxidation sites excluding steroid dienone is 2. The third kappa shape index (κ3) is 3.61. The minimum absolute atomic E-state index is 0.0526. The van der Waals surface area contributed by atoms with Gasteiger partial charge in [-0.25, -0.2) is 0 Å². The van der Waals surface area contributed by atoms with Crippen LogP contribution in [-0.4, -0.2) is 65.2 Å². The summed E-state index contributed by atoms with van der Waals surface area (Å²) in [4.78, 5) is 22.9. The number of likely N-dealkylation sites (tertiary alicyclic amines) is 1. The van der Waals surface area contributed by atoms with E-state index in [1.807, 2.05) is 0 Å². The first kappa shape index (κ1) is 27.7. The fourth-order valence-corrected chi connectivity index (χ4v) is 10.9. The van der Waals surface area contributed by atoms with Gasteiger partial charge in [0.05, 0.1) is 18.6 Å². The molecule has 2 aromatic carbocycles. The number of piperidine rings is 2. The fraction of sp³-hybridized carbons (Fsp3) is 0.462. The summed E-state index contributed by atoms with van der Waals surface area (Å²) in [7, 11) is 3.78. The third-order valence-electron chi connectivity index (χ3n) is 12.6. The first-order valence-electron chi connectivity index (χ1n) is 17.0. The average Bonchev–Trinajstić information content (AvgIpc) is 3.69. The zero-order valence-electron chi connectivity index (χ0n) is 27.0. The molecule has 4 bridgehead atoms. The zero-order valence-corrected chi connectivity index (χ0v) is 27.0. The topological polar surface area (TPSA) is 53.5 Å². The Morgan fingerprint density at radius 3 is 2.56 bits per heavy atom. The van der Waals surface area contributed by atoms with Gasteiger partial charge in [-0.3, -0.25) is 14.6 Å². The molecule has 6 aliphatic rings. The van der Waals surface area contributed by atoms with Crippen LogP contribution in [0.1, 0.15) is 61.5 Å². The summed E-state index contributed by atoms with van der Waals surface area (Å²) < 4.78 is 8.43. The van der Waals surface area contributed by atoms with Crippen molar-refractivity contribution in [2.75, 3.05) is 33.8 Å². The number of nitrogens with zero attached hydrogens (tertiary/aromatic N) is 3. The van der Waals surface area contributed by atoms with E-state index in [4.69, 9.17) is 4.74 Å². The largest absolute Gasteiger partial charge is 0.469 e. The molecule has 232 valence electrons. The summed E-state index contributed by atoms with van der Waals surface area (Å²) in [5.41, 5.74) is 11.2. The van der Waals surface area contributed by atoms with Crippen LogP contribution in [0.15, 0.2) is 71.8 Å². The van der Waals surface area contributed by atoms with Crippen LogP contribution >= 0.6 is 0 Å². The van der Waals surface area contributed by atoms with E-state index >= 15 is 0 Å². The number of carbonyl (C=O) groups is 1. The summed E-state index contributed by atoms with van der Waals surface area (Å²) in [6, 6.07) is 18.2. The molecule has 5 aliphatic heterocycles. The van der Waals surface area contributed by atoms with E-state index in [1.165, 1.54) is 49.9 Å². The highest BCUT2D eigenvalue weighted by Crippen LogP contribution is 2.61. The number of ether oxygens (including phenoxy) is 1. The number of rotatable bonds is 1. The maximum atomic E-state index is 13.7. The van der Waals surface area contributed by atoms with Crippen molar-refractivity contribution in [3.8, 4) is 0 Å². The average molecular weight is 601 g/mol. The summed E-state index contributed by atoms with van der Waals surface area (Å²) >= 11 is 0. The number of aromatic amines is 1. The van der Waals surface area contributed by atoms with Crippen molar-refractivity contribution >= 4 is 27.8 Å². The molecule has 0 amide bonds. The molecule has 2 fully saturated rings. The first-order chi connectivity index (χ1) is 22.0. The molecule has 6 nitrogen and oxygen atoms in total. The number of H-pyrrole nitrogens is 1. The van der Waals surface area contributed by atoms with Gasteiger partial charge >= 0.3 is 5.97 Å². The predicted octanol–water partition coefficient (Wildman–Crippen LogP) is 6.75. The number of carbonyl (C=O) groups excluding carboxylic acids is 1. The number of hydrogen-bond donors (Lipinski definition) is 1. The smallest absolute Gasteiger partial charge is 0.310 e. The lowest BCUT2D eigenvalue weighted by atomic mass is 9.64. The molecule has 7 atom stereocenters. The van der Waals surface area contributed by atoms with E-state index in [0.717, 1.165) is 51.9 Å². The van der Waals surface area contributed by atoms with Crippen LogP contribution in [0.3, 0.4) is 0 Å². The second kappa shape index (κ2) is 9.94. The van der Waals surface area contributed by atoms with Crippen LogP contribution in [0.4, 0.5) is 0 Å². The Hall–Kier alpha value is -3.61. The normalized spacial score (nSPS) is 34.1. The maximum absolute atomic E-state index is 13.7. The van der Waals surface area contributed by atoms with Crippen molar-refractivity contribution in [2.24, 2.45) is 17.8 Å². The van der Waals surface area contributed by atoms with Crippen LogP contribution in [0.5, 0.6) is 0 Å². The van der Waals surface area contributed by atoms with Crippen molar-refractivity contribution in [1.29, 1.82) is 0 Å². The number of fused-ring (bicyclic) bond motifs is 8. The molecule has 1 aliphatic carbocycles. The van der Waals surface area contributed by atoms with E-state index < -0.39 is 0 Å². The Bertz CT molecular complexity index is 1930. The van der Waals surface area contributed by atoms with Crippen molar-refractivity contribution in [2.45, 2.75) is 63.6 Å². The van der Waals surface area contributed by atoms with Crippen molar-refractivity contribution in [3.63, 3.8) is 0 Å². The van der Waals surface area contributed by atoms with E-state index in [1.54, 1.807) is 12.7 Å². The standard InChI is InChI=1S/C39H44N4O2/c1-5-23-20-41(3)34-18-29-27-12-8-10-14-33(27)43-36(29)25(17-28(23)35(34)38(44)45-4)19-39(43)31-15-16-42(21-24(31)6-2)22-30-26-11-7-9-13-32(26)40-37(30)39/h5-14,25,28,31,34-35,40H,15-22H2,1-4H3/b23-5+,24-6+/t25-,28+,31+,34-,35+,39+/m1/s1. The van der Waals surface area contributed by atoms with Crippen molar-refractivity contribution < 1.29 is 9.53 Å². The van der Waals surface area contributed by atoms with Gasteiger partial charge in [0, 0.05) is 70.7 Å². The molecule has 10 rings (SSSR count). The van der Waals surface area contributed by atoms with Gasteiger partial charge in [0.25, 0.3) is 0 Å². The molecule has 0 saturated carbocycles. The monoisotopic (exact) mass is 600 g/mol. The van der Waals surface area contributed by atoms with Gasteiger partial charge in [-0.05, 0) is 82.3 Å². The quantitative estimate of drug-likeness (QED) is 0.194. The third-order valence-corrected chi connectivity index (χ3v) is 12.6. The first-order valence-corrected chi connectivity index (χ1v) is 17.0. The summed E-state index contributed by atoms with van der Waals surface area (Å²) in [5, 5.41) is 2.73. The van der Waals surface area contributed by atoms with E-state index in [2.05, 4.69) is 101 Å². The Balaban J connectivity index is 1.37. The van der Waals surface area contributed by atoms with Gasteiger partial charge < -0.3 is 14.3 Å². The zero-order chi connectivity index (χ0) is 30.6. The van der Waals surface area contributed by atoms with Crippen LogP contribution in [0.25, 0.3) is 21.8 Å². The van der Waals surface area contributed by atoms with Crippen LogP contribution in [0.2, 0.25) is 0 Å². The highest BCUT2D eigenvalue weighted by Gasteiger charge is 2.58. The Kier molecular flexibility index (Phi) is 6.12. The number of esters is 1. The van der Waals surface area contributed by atoms with Crippen molar-refractivity contribution in [1.82, 2.24) is 19.4 Å². The lowest BCUT2D eigenvalue weighted by molar-refractivity contribution is -0.151. The minimum atomic E-state index is -0.220. The van der Waals surface area contributed by atoms with Gasteiger partial charge in [-0.2, -0.15) is 0 Å². The second-order valence-corrected chi connectivity index (χ2v) is 14.4. The number of likely N-dealkylation sites (N-methyl/N-ethyl adjacent to an activating group) is 1. The number of nitrogens with one attached hydrogen (secondary N) is 1. The van der Waals surface area contributed by atoms with Gasteiger partial charge in [0.2, 0.25) is 0 Å². The Morgan fingerprint density at radius 1 is 0.978 bits per heavy atom. The molecule has 1 spiro atoms. The lowest BCUT2D eigenvalue weighted by Gasteiger charge is -2.49. The molecule has 7 heterocycles. The Morgan fingerprint density at radius 2 is 1.76 bits per heavy atom. The van der Waals surface area contributed by atoms with Crippen LogP contribution < -0.4 is 0 Å². The highest BCUT2D eigenvalue weighted by molar-refractivity contribution is 5.89. The predicted molar refractivity (Wildman–Crippen MR) is 179 cm³/mol. The molecule has 1 N–H and O–H groups in total. The summed E-state index contributed by atoms with van der Waals surface area (Å²) in [6.45, 7) is 8.46. The van der Waals surface area contributed by atoms with E-state index in [-0.39, 0.29) is 29.4 Å². The van der Waals surface area contributed by atoms with Crippen LogP contribution in [-0.2, 0) is 28.0 Å². The molecule has 45 heavy (non-hydrogen) atoms. The number of benzene rings is 2. The molecule has 4 aromatic rings. The fourth-order valence-electron chi connectivity index (χ4n) is 10.9. The number of hydrogen-bond acceptors (Lipinski definition) is 4. The molecular weight excluding hydrogens is 556 g/mol. The highest BCUT2D eigenvalue weighted by atomic mass is 16.5. The number of methoxy groups -OCH3 is 1. The summed E-state index contributed by atoms with van der Waals surface area (Å²) in [5.74, 6) is 0.713. The van der Waals surface area contributed by atoms with E-state index in [9.17, 15) is 4.79 Å². The van der Waals surface area contributed by atoms with Gasteiger partial charge in [0.1, 0.15) is 0 Å². The van der Waals surface area contributed by atoms with E-state index in [0.29, 0.717) is 11.8 Å². The number of para-hydroxylation sites is 2. The maximum Gasteiger partial charge on any atom is 0.310 e. The Labute approximate surface area is 265 Å². The van der Waals surface area contributed by atoms with Gasteiger partial charge in [0.15, 0.2) is 0 Å². The molecule has 6 heteroatoms. The number of aromatic nitrogens is 2. The molecule has 1 unspecified atom stereocenters.